The molecule has 6 nitrogen and oxygen atoms in total. The highest BCUT2D eigenvalue weighted by Gasteiger charge is 2.14. The summed E-state index contributed by atoms with van der Waals surface area (Å²) in [6, 6.07) is 14.3. The molecule has 2 N–H and O–H groups in total. The van der Waals surface area contributed by atoms with Crippen LogP contribution >= 0.6 is 11.6 Å². The molecular formula is C20H23ClN4O2. The van der Waals surface area contributed by atoms with Gasteiger partial charge in [0.1, 0.15) is 0 Å². The van der Waals surface area contributed by atoms with E-state index >= 15 is 0 Å². The molecule has 1 aliphatic rings. The van der Waals surface area contributed by atoms with Gasteiger partial charge < -0.3 is 20.4 Å². The van der Waals surface area contributed by atoms with Gasteiger partial charge in [-0.25, -0.2) is 0 Å². The van der Waals surface area contributed by atoms with Gasteiger partial charge in [0.15, 0.2) is 0 Å². The van der Waals surface area contributed by atoms with E-state index in [2.05, 4.69) is 27.5 Å². The van der Waals surface area contributed by atoms with Crippen LogP contribution in [0, 0.1) is 0 Å². The Labute approximate surface area is 164 Å². The zero-order valence-corrected chi connectivity index (χ0v) is 16.0. The molecule has 1 aliphatic heterocycles. The number of rotatable bonds is 5. The van der Waals surface area contributed by atoms with Crippen molar-refractivity contribution in [1.82, 2.24) is 10.2 Å². The van der Waals surface area contributed by atoms with E-state index in [1.807, 2.05) is 24.3 Å². The summed E-state index contributed by atoms with van der Waals surface area (Å²) < 4.78 is 0. The number of anilines is 2. The van der Waals surface area contributed by atoms with Crippen molar-refractivity contribution in [3.8, 4) is 0 Å². The van der Waals surface area contributed by atoms with E-state index in [4.69, 9.17) is 11.6 Å². The molecule has 0 aliphatic carbocycles. The molecular weight excluding hydrogens is 364 g/mol. The van der Waals surface area contributed by atoms with Crippen molar-refractivity contribution >= 4 is 34.8 Å². The standard InChI is InChI=1S/C20H23ClN4O2/c1-24-10-12-25(13-11-24)18-8-6-17(7-9-18)23-19(26)14-22-20(27)15-2-4-16(21)5-3-15/h2-9H,10-14H2,1H3,(H,22,27)(H,23,26). The molecule has 27 heavy (non-hydrogen) atoms. The van der Waals surface area contributed by atoms with E-state index in [0.717, 1.165) is 31.9 Å². The zero-order valence-electron chi connectivity index (χ0n) is 15.2. The Balaban J connectivity index is 1.47. The first-order chi connectivity index (χ1) is 13.0. The lowest BCUT2D eigenvalue weighted by Gasteiger charge is -2.34. The van der Waals surface area contributed by atoms with Crippen molar-refractivity contribution in [3.05, 3.63) is 59.1 Å². The van der Waals surface area contributed by atoms with Crippen LogP contribution in [-0.4, -0.2) is 56.5 Å². The van der Waals surface area contributed by atoms with Crippen molar-refractivity contribution in [3.63, 3.8) is 0 Å². The maximum atomic E-state index is 12.1. The second-order valence-electron chi connectivity index (χ2n) is 6.57. The summed E-state index contributed by atoms with van der Waals surface area (Å²) in [5, 5.41) is 5.95. The van der Waals surface area contributed by atoms with E-state index in [9.17, 15) is 9.59 Å². The van der Waals surface area contributed by atoms with Crippen LogP contribution in [0.4, 0.5) is 11.4 Å². The number of carbonyl (C=O) groups is 2. The lowest BCUT2D eigenvalue weighted by Crippen LogP contribution is -2.44. The molecule has 0 spiro atoms. The van der Waals surface area contributed by atoms with Crippen molar-refractivity contribution in [2.45, 2.75) is 0 Å². The Bertz CT molecular complexity index is 785. The van der Waals surface area contributed by atoms with Crippen LogP contribution in [0.15, 0.2) is 48.5 Å². The summed E-state index contributed by atoms with van der Waals surface area (Å²) >= 11 is 5.80. The highest BCUT2D eigenvalue weighted by Crippen LogP contribution is 2.19. The van der Waals surface area contributed by atoms with Gasteiger partial charge in [-0.05, 0) is 55.6 Å². The quantitative estimate of drug-likeness (QED) is 0.828. The molecule has 0 aromatic heterocycles. The summed E-state index contributed by atoms with van der Waals surface area (Å²) in [5.41, 5.74) is 2.32. The smallest absolute Gasteiger partial charge is 0.251 e. The molecule has 0 atom stereocenters. The molecule has 1 heterocycles. The highest BCUT2D eigenvalue weighted by atomic mass is 35.5. The summed E-state index contributed by atoms with van der Waals surface area (Å²) in [5.74, 6) is -0.586. The van der Waals surface area contributed by atoms with Crippen LogP contribution in [0.25, 0.3) is 0 Å². The van der Waals surface area contributed by atoms with Crippen molar-refractivity contribution < 1.29 is 9.59 Å². The van der Waals surface area contributed by atoms with Crippen molar-refractivity contribution in [2.75, 3.05) is 50.0 Å². The first-order valence-electron chi connectivity index (χ1n) is 8.88. The van der Waals surface area contributed by atoms with E-state index in [1.54, 1.807) is 24.3 Å². The fraction of sp³-hybridized carbons (Fsp3) is 0.300. The molecule has 1 fully saturated rings. The van der Waals surface area contributed by atoms with Crippen LogP contribution in [-0.2, 0) is 4.79 Å². The summed E-state index contributed by atoms with van der Waals surface area (Å²) in [4.78, 5) is 28.7. The Kier molecular flexibility index (Phi) is 6.32. The topological polar surface area (TPSA) is 64.7 Å². The summed E-state index contributed by atoms with van der Waals surface area (Å²) in [6.45, 7) is 4.00. The average molecular weight is 387 g/mol. The lowest BCUT2D eigenvalue weighted by atomic mass is 10.2. The minimum Gasteiger partial charge on any atom is -0.369 e. The number of halogens is 1. The predicted molar refractivity (Wildman–Crippen MR) is 109 cm³/mol. The molecule has 2 aromatic rings. The van der Waals surface area contributed by atoms with E-state index in [0.29, 0.717) is 16.3 Å². The van der Waals surface area contributed by atoms with Gasteiger partial charge in [0, 0.05) is 48.1 Å². The molecule has 142 valence electrons. The fourth-order valence-electron chi connectivity index (χ4n) is 2.89. The maximum Gasteiger partial charge on any atom is 0.251 e. The zero-order chi connectivity index (χ0) is 19.2. The second-order valence-corrected chi connectivity index (χ2v) is 7.01. The Morgan fingerprint density at radius 1 is 0.963 bits per heavy atom. The van der Waals surface area contributed by atoms with E-state index in [-0.39, 0.29) is 18.4 Å². The Hall–Kier alpha value is -2.57. The molecule has 7 heteroatoms. The van der Waals surface area contributed by atoms with Crippen LogP contribution in [0.5, 0.6) is 0 Å². The predicted octanol–water partition coefficient (Wildman–Crippen LogP) is 2.46. The van der Waals surface area contributed by atoms with Crippen molar-refractivity contribution in [1.29, 1.82) is 0 Å². The number of benzene rings is 2. The summed E-state index contributed by atoms with van der Waals surface area (Å²) in [7, 11) is 2.13. The lowest BCUT2D eigenvalue weighted by molar-refractivity contribution is -0.115. The minimum absolute atomic E-state index is 0.0956. The second kappa shape index (κ2) is 8.88. The first-order valence-corrected chi connectivity index (χ1v) is 9.26. The van der Waals surface area contributed by atoms with Gasteiger partial charge in [-0.3, -0.25) is 9.59 Å². The van der Waals surface area contributed by atoms with Crippen LogP contribution in [0.3, 0.4) is 0 Å². The van der Waals surface area contributed by atoms with E-state index in [1.165, 1.54) is 0 Å². The molecule has 1 saturated heterocycles. The van der Waals surface area contributed by atoms with Gasteiger partial charge in [0.25, 0.3) is 5.91 Å². The van der Waals surface area contributed by atoms with Gasteiger partial charge in [-0.15, -0.1) is 0 Å². The molecule has 2 aromatic carbocycles. The molecule has 0 saturated carbocycles. The Morgan fingerprint density at radius 2 is 1.59 bits per heavy atom. The third kappa shape index (κ3) is 5.45. The number of likely N-dealkylation sites (N-methyl/N-ethyl adjacent to an activating group) is 1. The van der Waals surface area contributed by atoms with Gasteiger partial charge >= 0.3 is 0 Å². The number of amides is 2. The normalized spacial score (nSPS) is 14.7. The first kappa shape index (κ1) is 19.2. The third-order valence-electron chi connectivity index (χ3n) is 4.54. The molecule has 0 bridgehead atoms. The largest absolute Gasteiger partial charge is 0.369 e. The van der Waals surface area contributed by atoms with Gasteiger partial charge in [0.05, 0.1) is 6.54 Å². The molecule has 0 radical (unpaired) electrons. The number of carbonyl (C=O) groups excluding carboxylic acids is 2. The average Bonchev–Trinajstić information content (AvgIpc) is 2.68. The minimum atomic E-state index is -0.313. The number of hydrogen-bond donors (Lipinski definition) is 2. The fourth-order valence-corrected chi connectivity index (χ4v) is 3.02. The van der Waals surface area contributed by atoms with Crippen molar-refractivity contribution in [2.24, 2.45) is 0 Å². The van der Waals surface area contributed by atoms with Crippen LogP contribution in [0.1, 0.15) is 10.4 Å². The van der Waals surface area contributed by atoms with Crippen LogP contribution < -0.4 is 15.5 Å². The van der Waals surface area contributed by atoms with E-state index < -0.39 is 0 Å². The monoisotopic (exact) mass is 386 g/mol. The number of hydrogen-bond acceptors (Lipinski definition) is 4. The molecule has 0 unspecified atom stereocenters. The number of nitrogens with zero attached hydrogens (tertiary/aromatic N) is 2. The number of piperazine rings is 1. The van der Waals surface area contributed by atoms with Gasteiger partial charge in [0.2, 0.25) is 5.91 Å². The van der Waals surface area contributed by atoms with Gasteiger partial charge in [-0.2, -0.15) is 0 Å². The maximum absolute atomic E-state index is 12.1. The summed E-state index contributed by atoms with van der Waals surface area (Å²) in [6.07, 6.45) is 0. The third-order valence-corrected chi connectivity index (χ3v) is 4.79. The molecule has 3 rings (SSSR count). The highest BCUT2D eigenvalue weighted by molar-refractivity contribution is 6.30. The van der Waals surface area contributed by atoms with Crippen LogP contribution in [0.2, 0.25) is 5.02 Å². The molecule has 2 amide bonds. The Morgan fingerprint density at radius 3 is 2.22 bits per heavy atom. The van der Waals surface area contributed by atoms with Gasteiger partial charge in [-0.1, -0.05) is 11.6 Å². The SMILES string of the molecule is CN1CCN(c2ccc(NC(=O)CNC(=O)c3ccc(Cl)cc3)cc2)CC1. The number of nitrogens with one attached hydrogen (secondary N) is 2.